The fourth-order valence-electron chi connectivity index (χ4n) is 2.88. The molecule has 2 aromatic carbocycles. The monoisotopic (exact) mass is 236 g/mol. The van der Waals surface area contributed by atoms with E-state index in [0.29, 0.717) is 18.6 Å². The molecule has 0 saturated carbocycles. The highest BCUT2D eigenvalue weighted by Gasteiger charge is 2.27. The van der Waals surface area contributed by atoms with Gasteiger partial charge in [-0.3, -0.25) is 4.79 Å². The number of Topliss-reactive ketones (excluding diaryl/α,β-unsaturated/α-hetero) is 1. The van der Waals surface area contributed by atoms with E-state index in [1.54, 1.807) is 0 Å². The number of hydrogen-bond acceptors (Lipinski definition) is 1. The van der Waals surface area contributed by atoms with Crippen molar-refractivity contribution < 1.29 is 4.79 Å². The summed E-state index contributed by atoms with van der Waals surface area (Å²) < 4.78 is 0. The van der Waals surface area contributed by atoms with Gasteiger partial charge >= 0.3 is 0 Å². The van der Waals surface area contributed by atoms with E-state index in [1.807, 2.05) is 18.2 Å². The van der Waals surface area contributed by atoms with Crippen molar-refractivity contribution in [1.82, 2.24) is 0 Å². The lowest BCUT2D eigenvalue weighted by molar-refractivity contribution is -0.119. The first-order chi connectivity index (χ1) is 8.75. The molecule has 1 atom stereocenters. The van der Waals surface area contributed by atoms with Gasteiger partial charge in [0.2, 0.25) is 0 Å². The summed E-state index contributed by atoms with van der Waals surface area (Å²) in [6.45, 7) is 2.10. The number of fused-ring (bicyclic) bond motifs is 1. The maximum absolute atomic E-state index is 12.0. The molecule has 0 bridgehead atoms. The molecule has 0 N–H and O–H groups in total. The minimum atomic E-state index is 0.238. The Balaban J connectivity index is 2.14. The third-order valence-electron chi connectivity index (χ3n) is 3.83. The van der Waals surface area contributed by atoms with Crippen molar-refractivity contribution in [3.05, 3.63) is 70.8 Å². The maximum atomic E-state index is 12.0. The zero-order chi connectivity index (χ0) is 12.5. The molecule has 0 unspecified atom stereocenters. The van der Waals surface area contributed by atoms with Crippen LogP contribution in [0.25, 0.3) is 0 Å². The van der Waals surface area contributed by atoms with Crippen molar-refractivity contribution in [1.29, 1.82) is 0 Å². The summed E-state index contributed by atoms with van der Waals surface area (Å²) in [7, 11) is 0. The fraction of sp³-hybridized carbons (Fsp3) is 0.235. The predicted molar refractivity (Wildman–Crippen MR) is 72.8 cm³/mol. The van der Waals surface area contributed by atoms with Crippen molar-refractivity contribution in [2.24, 2.45) is 0 Å². The highest BCUT2D eigenvalue weighted by molar-refractivity contribution is 5.85. The van der Waals surface area contributed by atoms with Crippen LogP contribution in [0.1, 0.15) is 34.6 Å². The van der Waals surface area contributed by atoms with Crippen LogP contribution in [0, 0.1) is 6.92 Å². The number of carbonyl (C=O) groups excluding carboxylic acids is 1. The summed E-state index contributed by atoms with van der Waals surface area (Å²) in [6, 6.07) is 16.7. The first-order valence-electron chi connectivity index (χ1n) is 6.41. The van der Waals surface area contributed by atoms with Gasteiger partial charge in [-0.2, -0.15) is 0 Å². The summed E-state index contributed by atoms with van der Waals surface area (Å²) in [6.07, 6.45) is 1.24. The lowest BCUT2D eigenvalue weighted by Crippen LogP contribution is -2.20. The number of aryl methyl sites for hydroxylation is 1. The Bertz CT molecular complexity index is 584. The molecule has 0 spiro atoms. The Labute approximate surface area is 107 Å². The Hall–Kier alpha value is -1.89. The first kappa shape index (κ1) is 11.2. The van der Waals surface area contributed by atoms with Gasteiger partial charge in [0.25, 0.3) is 0 Å². The Morgan fingerprint density at radius 3 is 2.56 bits per heavy atom. The molecule has 18 heavy (non-hydrogen) atoms. The molecule has 0 radical (unpaired) electrons. The topological polar surface area (TPSA) is 17.1 Å². The van der Waals surface area contributed by atoms with E-state index in [9.17, 15) is 4.79 Å². The van der Waals surface area contributed by atoms with Crippen LogP contribution in [0.5, 0.6) is 0 Å². The van der Waals surface area contributed by atoms with Crippen molar-refractivity contribution >= 4 is 5.78 Å². The molecule has 0 heterocycles. The van der Waals surface area contributed by atoms with E-state index in [0.717, 1.165) is 0 Å². The lowest BCUT2D eigenvalue weighted by Gasteiger charge is -2.26. The van der Waals surface area contributed by atoms with Crippen LogP contribution in [0.2, 0.25) is 0 Å². The molecule has 2 aromatic rings. The molecule has 0 aromatic heterocycles. The van der Waals surface area contributed by atoms with Crippen LogP contribution in [-0.2, 0) is 11.2 Å². The Morgan fingerprint density at radius 2 is 1.78 bits per heavy atom. The fourth-order valence-corrected chi connectivity index (χ4v) is 2.88. The summed E-state index contributed by atoms with van der Waals surface area (Å²) in [5.74, 6) is 0.591. The summed E-state index contributed by atoms with van der Waals surface area (Å²) in [5, 5.41) is 0. The summed E-state index contributed by atoms with van der Waals surface area (Å²) in [4.78, 5) is 12.0. The van der Waals surface area contributed by atoms with E-state index < -0.39 is 0 Å². The molecule has 0 amide bonds. The van der Waals surface area contributed by atoms with Crippen molar-refractivity contribution in [2.75, 3.05) is 0 Å². The zero-order valence-corrected chi connectivity index (χ0v) is 10.5. The number of ketones is 1. The SMILES string of the molecule is Cc1cccc2c1CC(=O)C[C@H]2c1ccccc1. The van der Waals surface area contributed by atoms with Gasteiger partial charge in [0.05, 0.1) is 0 Å². The van der Waals surface area contributed by atoms with Gasteiger partial charge in [0.15, 0.2) is 0 Å². The predicted octanol–water partition coefficient (Wildman–Crippen LogP) is 3.64. The van der Waals surface area contributed by atoms with Crippen molar-refractivity contribution in [2.45, 2.75) is 25.7 Å². The second kappa shape index (κ2) is 4.41. The van der Waals surface area contributed by atoms with E-state index in [4.69, 9.17) is 0 Å². The molecule has 1 nitrogen and oxygen atoms in total. The molecule has 0 saturated heterocycles. The van der Waals surface area contributed by atoms with Crippen LogP contribution in [0.15, 0.2) is 48.5 Å². The van der Waals surface area contributed by atoms with Gasteiger partial charge in [-0.25, -0.2) is 0 Å². The normalized spacial score (nSPS) is 18.5. The van der Waals surface area contributed by atoms with Gasteiger partial charge in [-0.15, -0.1) is 0 Å². The molecule has 1 aliphatic rings. The van der Waals surface area contributed by atoms with E-state index >= 15 is 0 Å². The smallest absolute Gasteiger partial charge is 0.138 e. The minimum absolute atomic E-state index is 0.238. The van der Waals surface area contributed by atoms with E-state index in [-0.39, 0.29) is 5.92 Å². The largest absolute Gasteiger partial charge is 0.299 e. The maximum Gasteiger partial charge on any atom is 0.138 e. The number of rotatable bonds is 1. The van der Waals surface area contributed by atoms with E-state index in [1.165, 1.54) is 22.3 Å². The molecule has 1 aliphatic carbocycles. The van der Waals surface area contributed by atoms with Crippen LogP contribution in [-0.4, -0.2) is 5.78 Å². The van der Waals surface area contributed by atoms with Crippen LogP contribution >= 0.6 is 0 Å². The molecule has 3 rings (SSSR count). The molecule has 90 valence electrons. The number of hydrogen-bond donors (Lipinski definition) is 0. The van der Waals surface area contributed by atoms with E-state index in [2.05, 4.69) is 37.3 Å². The molecule has 1 heteroatoms. The van der Waals surface area contributed by atoms with Gasteiger partial charge in [0, 0.05) is 18.8 Å². The number of benzene rings is 2. The van der Waals surface area contributed by atoms with Crippen molar-refractivity contribution in [3.63, 3.8) is 0 Å². The standard InChI is InChI=1S/C17H16O/c1-12-6-5-9-15-16(12)10-14(18)11-17(15)13-7-3-2-4-8-13/h2-9,17H,10-11H2,1H3/t17-/m0/s1. The first-order valence-corrected chi connectivity index (χ1v) is 6.41. The summed E-state index contributed by atoms with van der Waals surface area (Å²) >= 11 is 0. The highest BCUT2D eigenvalue weighted by atomic mass is 16.1. The van der Waals surface area contributed by atoms with Crippen LogP contribution in [0.4, 0.5) is 0 Å². The highest BCUT2D eigenvalue weighted by Crippen LogP contribution is 2.36. The van der Waals surface area contributed by atoms with Crippen molar-refractivity contribution in [3.8, 4) is 0 Å². The molecule has 0 fully saturated rings. The lowest BCUT2D eigenvalue weighted by atomic mass is 9.77. The van der Waals surface area contributed by atoms with Crippen LogP contribution in [0.3, 0.4) is 0 Å². The molecular weight excluding hydrogens is 220 g/mol. The van der Waals surface area contributed by atoms with Gasteiger partial charge in [-0.1, -0.05) is 48.5 Å². The molecule has 0 aliphatic heterocycles. The average Bonchev–Trinajstić information content (AvgIpc) is 2.40. The third-order valence-corrected chi connectivity index (χ3v) is 3.83. The van der Waals surface area contributed by atoms with Crippen LogP contribution < -0.4 is 0 Å². The van der Waals surface area contributed by atoms with Gasteiger partial charge in [0.1, 0.15) is 5.78 Å². The quantitative estimate of drug-likeness (QED) is 0.738. The number of carbonyl (C=O) groups is 1. The second-order valence-electron chi connectivity index (χ2n) is 5.03. The third kappa shape index (κ3) is 1.86. The second-order valence-corrected chi connectivity index (χ2v) is 5.03. The Morgan fingerprint density at radius 1 is 1.00 bits per heavy atom. The van der Waals surface area contributed by atoms with Gasteiger partial charge < -0.3 is 0 Å². The Kier molecular flexibility index (Phi) is 2.75. The molecular formula is C17H16O. The van der Waals surface area contributed by atoms with Gasteiger partial charge in [-0.05, 0) is 29.2 Å². The average molecular weight is 236 g/mol. The zero-order valence-electron chi connectivity index (χ0n) is 10.5. The summed E-state index contributed by atoms with van der Waals surface area (Å²) in [5.41, 5.74) is 5.06. The minimum Gasteiger partial charge on any atom is -0.299 e.